The quantitative estimate of drug-likeness (QED) is 0.219. The van der Waals surface area contributed by atoms with Crippen LogP contribution in [0.3, 0.4) is 0 Å². The van der Waals surface area contributed by atoms with Gasteiger partial charge in [-0.15, -0.1) is 0 Å². The van der Waals surface area contributed by atoms with E-state index in [-0.39, 0.29) is 12.5 Å². The fraction of sp³-hybridized carbons (Fsp3) is 0.194. The van der Waals surface area contributed by atoms with E-state index in [1.54, 1.807) is 36.4 Å². The SMILES string of the molecule is Nc1ccccc1NC(=O)c1ccc(CNC(=O)OCc2ccc([C@H]3CC3NCc3ccccn3)cc2)cc1. The van der Waals surface area contributed by atoms with Crippen LogP contribution in [0.2, 0.25) is 0 Å². The molecule has 0 radical (unpaired) electrons. The number of benzene rings is 3. The summed E-state index contributed by atoms with van der Waals surface area (Å²) in [5, 5.41) is 9.10. The maximum Gasteiger partial charge on any atom is 0.407 e. The summed E-state index contributed by atoms with van der Waals surface area (Å²) in [6, 6.07) is 28.7. The highest BCUT2D eigenvalue weighted by Gasteiger charge is 2.37. The number of carbonyl (C=O) groups excluding carboxylic acids is 2. The van der Waals surface area contributed by atoms with Gasteiger partial charge in [0.25, 0.3) is 5.91 Å². The Morgan fingerprint density at radius 2 is 1.62 bits per heavy atom. The van der Waals surface area contributed by atoms with Gasteiger partial charge in [-0.2, -0.15) is 0 Å². The Kier molecular flexibility index (Phi) is 8.14. The van der Waals surface area contributed by atoms with Crippen LogP contribution in [0, 0.1) is 0 Å². The van der Waals surface area contributed by atoms with Crippen molar-refractivity contribution in [2.45, 2.75) is 38.1 Å². The van der Waals surface area contributed by atoms with Gasteiger partial charge in [-0.05, 0) is 59.5 Å². The Bertz CT molecular complexity index is 1410. The van der Waals surface area contributed by atoms with E-state index in [0.29, 0.717) is 35.4 Å². The molecule has 0 aliphatic heterocycles. The Balaban J connectivity index is 1.02. The van der Waals surface area contributed by atoms with Gasteiger partial charge in [0.05, 0.1) is 17.1 Å². The molecule has 1 aliphatic rings. The summed E-state index contributed by atoms with van der Waals surface area (Å²) in [4.78, 5) is 29.0. The standard InChI is InChI=1S/C31H31N5O3/c32-27-6-1-2-7-28(27)36-30(37)24-14-8-21(9-15-24)18-35-31(38)39-20-22-10-12-23(13-11-22)26-17-29(26)34-19-25-5-3-4-16-33-25/h1-16,26,29,34H,17-20,32H2,(H,35,38)(H,36,37)/t26-,29?/m1/s1. The number of aromatic nitrogens is 1. The molecular weight excluding hydrogens is 490 g/mol. The predicted molar refractivity (Wildman–Crippen MR) is 151 cm³/mol. The van der Waals surface area contributed by atoms with Gasteiger partial charge in [-0.1, -0.05) is 54.6 Å². The zero-order valence-electron chi connectivity index (χ0n) is 21.5. The number of para-hydroxylation sites is 2. The van der Waals surface area contributed by atoms with E-state index in [9.17, 15) is 9.59 Å². The van der Waals surface area contributed by atoms with Gasteiger partial charge in [-0.3, -0.25) is 9.78 Å². The van der Waals surface area contributed by atoms with E-state index in [2.05, 4.69) is 33.1 Å². The van der Waals surface area contributed by atoms with Gasteiger partial charge >= 0.3 is 6.09 Å². The van der Waals surface area contributed by atoms with Gasteiger partial charge in [-0.25, -0.2) is 4.79 Å². The van der Waals surface area contributed by atoms with Crippen molar-refractivity contribution in [1.29, 1.82) is 0 Å². The highest BCUT2D eigenvalue weighted by atomic mass is 16.5. The van der Waals surface area contributed by atoms with Crippen molar-refractivity contribution < 1.29 is 14.3 Å². The van der Waals surface area contributed by atoms with E-state index in [1.807, 2.05) is 48.7 Å². The average Bonchev–Trinajstić information content (AvgIpc) is 3.76. The third-order valence-corrected chi connectivity index (χ3v) is 6.70. The van der Waals surface area contributed by atoms with Gasteiger partial charge in [0.1, 0.15) is 6.61 Å². The van der Waals surface area contributed by atoms with Gasteiger partial charge < -0.3 is 26.4 Å². The van der Waals surface area contributed by atoms with Crippen LogP contribution >= 0.6 is 0 Å². The number of nitrogens with two attached hydrogens (primary N) is 1. The minimum Gasteiger partial charge on any atom is -0.445 e. The summed E-state index contributed by atoms with van der Waals surface area (Å²) in [6.45, 7) is 1.26. The van der Waals surface area contributed by atoms with E-state index in [0.717, 1.165) is 29.8 Å². The maximum atomic E-state index is 12.5. The highest BCUT2D eigenvalue weighted by molar-refractivity contribution is 6.05. The maximum absolute atomic E-state index is 12.5. The number of pyridine rings is 1. The van der Waals surface area contributed by atoms with Crippen LogP contribution in [-0.2, 0) is 24.4 Å². The summed E-state index contributed by atoms with van der Waals surface area (Å²) in [5.41, 5.74) is 11.6. The molecule has 0 saturated heterocycles. The number of nitrogens with zero attached hydrogens (tertiary/aromatic N) is 1. The number of ether oxygens (including phenoxy) is 1. The second-order valence-electron chi connectivity index (χ2n) is 9.56. The van der Waals surface area contributed by atoms with Crippen LogP contribution < -0.4 is 21.7 Å². The van der Waals surface area contributed by atoms with Crippen molar-refractivity contribution >= 4 is 23.4 Å². The summed E-state index contributed by atoms with van der Waals surface area (Å²) < 4.78 is 5.37. The number of amides is 2. The number of alkyl carbamates (subject to hydrolysis) is 1. The molecule has 0 bridgehead atoms. The topological polar surface area (TPSA) is 118 Å². The molecule has 5 rings (SSSR count). The first-order chi connectivity index (χ1) is 19.0. The lowest BCUT2D eigenvalue weighted by Crippen LogP contribution is -2.23. The summed E-state index contributed by atoms with van der Waals surface area (Å²) in [6.07, 6.45) is 2.42. The molecule has 198 valence electrons. The smallest absolute Gasteiger partial charge is 0.407 e. The second kappa shape index (κ2) is 12.2. The molecule has 1 aliphatic carbocycles. The number of anilines is 2. The van der Waals surface area contributed by atoms with Crippen molar-refractivity contribution in [2.75, 3.05) is 11.1 Å². The van der Waals surface area contributed by atoms with Crippen molar-refractivity contribution in [1.82, 2.24) is 15.6 Å². The number of rotatable bonds is 10. The average molecular weight is 522 g/mol. The first-order valence-electron chi connectivity index (χ1n) is 12.9. The molecule has 1 heterocycles. The molecule has 0 spiro atoms. The molecule has 1 fully saturated rings. The summed E-state index contributed by atoms with van der Waals surface area (Å²) in [5.74, 6) is 0.247. The van der Waals surface area contributed by atoms with Crippen molar-refractivity contribution in [2.24, 2.45) is 0 Å². The molecule has 2 atom stereocenters. The van der Waals surface area contributed by atoms with Gasteiger partial charge in [0.15, 0.2) is 0 Å². The third kappa shape index (κ3) is 7.21. The van der Waals surface area contributed by atoms with Crippen LogP contribution in [-0.4, -0.2) is 23.0 Å². The zero-order valence-corrected chi connectivity index (χ0v) is 21.5. The summed E-state index contributed by atoms with van der Waals surface area (Å²) >= 11 is 0. The lowest BCUT2D eigenvalue weighted by atomic mass is 10.1. The molecule has 39 heavy (non-hydrogen) atoms. The largest absolute Gasteiger partial charge is 0.445 e. The van der Waals surface area contributed by atoms with Crippen LogP contribution in [0.5, 0.6) is 0 Å². The molecule has 5 N–H and O–H groups in total. The van der Waals surface area contributed by atoms with Crippen molar-refractivity contribution in [3.8, 4) is 0 Å². The van der Waals surface area contributed by atoms with Gasteiger partial charge in [0, 0.05) is 36.8 Å². The zero-order chi connectivity index (χ0) is 27.0. The lowest BCUT2D eigenvalue weighted by molar-refractivity contribution is 0.102. The van der Waals surface area contributed by atoms with E-state index >= 15 is 0 Å². The Labute approximate surface area is 227 Å². The molecule has 8 nitrogen and oxygen atoms in total. The van der Waals surface area contributed by atoms with Crippen LogP contribution in [0.4, 0.5) is 16.2 Å². The van der Waals surface area contributed by atoms with Gasteiger partial charge in [0.2, 0.25) is 0 Å². The van der Waals surface area contributed by atoms with Crippen LogP contribution in [0.15, 0.2) is 97.2 Å². The molecule has 1 unspecified atom stereocenters. The Morgan fingerprint density at radius 1 is 0.872 bits per heavy atom. The first kappa shape index (κ1) is 25.9. The summed E-state index contributed by atoms with van der Waals surface area (Å²) in [7, 11) is 0. The number of nitrogens with one attached hydrogen (secondary N) is 3. The number of hydrogen-bond acceptors (Lipinski definition) is 6. The second-order valence-corrected chi connectivity index (χ2v) is 9.56. The fourth-order valence-electron chi connectivity index (χ4n) is 4.34. The molecule has 3 aromatic carbocycles. The predicted octanol–water partition coefficient (Wildman–Crippen LogP) is 4.99. The van der Waals surface area contributed by atoms with E-state index < -0.39 is 6.09 Å². The molecule has 4 aromatic rings. The molecule has 2 amide bonds. The third-order valence-electron chi connectivity index (χ3n) is 6.70. The monoisotopic (exact) mass is 521 g/mol. The van der Waals surface area contributed by atoms with Crippen molar-refractivity contribution in [3.05, 3.63) is 125 Å². The van der Waals surface area contributed by atoms with E-state index in [1.165, 1.54) is 5.56 Å². The van der Waals surface area contributed by atoms with Crippen LogP contribution in [0.25, 0.3) is 0 Å². The molecule has 1 saturated carbocycles. The van der Waals surface area contributed by atoms with Crippen LogP contribution in [0.1, 0.15) is 45.1 Å². The van der Waals surface area contributed by atoms with Crippen molar-refractivity contribution in [3.63, 3.8) is 0 Å². The normalized spacial score (nSPS) is 15.8. The number of hydrogen-bond donors (Lipinski definition) is 4. The molecular formula is C31H31N5O3. The number of nitrogen functional groups attached to an aromatic ring is 1. The Morgan fingerprint density at radius 3 is 2.36 bits per heavy atom. The first-order valence-corrected chi connectivity index (χ1v) is 12.9. The minimum absolute atomic E-state index is 0.194. The molecule has 8 heteroatoms. The Hall–Kier alpha value is -4.69. The minimum atomic E-state index is -0.499. The fourth-order valence-corrected chi connectivity index (χ4v) is 4.34. The lowest BCUT2D eigenvalue weighted by Gasteiger charge is -2.10. The van der Waals surface area contributed by atoms with E-state index in [4.69, 9.17) is 10.5 Å². The highest BCUT2D eigenvalue weighted by Crippen LogP contribution is 2.41. The molecule has 1 aromatic heterocycles. The number of carbonyl (C=O) groups is 2.